The zero-order chi connectivity index (χ0) is 22.6. The van der Waals surface area contributed by atoms with Crippen LogP contribution < -0.4 is 14.2 Å². The summed E-state index contributed by atoms with van der Waals surface area (Å²) in [5.74, 6) is -1.45. The molecule has 0 saturated heterocycles. The summed E-state index contributed by atoms with van der Waals surface area (Å²) in [5.41, 5.74) is -0.966. The summed E-state index contributed by atoms with van der Waals surface area (Å²) in [6.45, 7) is 0. The molecule has 0 aliphatic heterocycles. The summed E-state index contributed by atoms with van der Waals surface area (Å²) in [6.07, 6.45) is 3.83. The van der Waals surface area contributed by atoms with Gasteiger partial charge < -0.3 is 9.47 Å². The first kappa shape index (κ1) is 22.3. The lowest BCUT2D eigenvalue weighted by atomic mass is 9.48. The fourth-order valence-electron chi connectivity index (χ4n) is 5.80. The monoisotopic (exact) mass is 474 g/mol. The number of carbonyl (C=O) groups is 2. The molecule has 2 N–H and O–H groups in total. The van der Waals surface area contributed by atoms with Gasteiger partial charge in [0.25, 0.3) is 5.91 Å². The van der Waals surface area contributed by atoms with E-state index >= 15 is 0 Å². The van der Waals surface area contributed by atoms with Crippen molar-refractivity contribution in [3.05, 3.63) is 28.5 Å². The SMILES string of the molecule is CNS(=O)(=O)NC(=O)c1cc(Cl)c(OC2C3CC4CC2CC(C(=O)OC)(C4)C3)cc1F. The third-order valence-electron chi connectivity index (χ3n) is 6.83. The van der Waals surface area contributed by atoms with Crippen molar-refractivity contribution in [2.24, 2.45) is 23.2 Å². The van der Waals surface area contributed by atoms with Gasteiger partial charge in [-0.3, -0.25) is 9.59 Å². The minimum atomic E-state index is -4.08. The number of rotatable bonds is 6. The van der Waals surface area contributed by atoms with Crippen molar-refractivity contribution in [3.63, 3.8) is 0 Å². The predicted octanol–water partition coefficient (Wildman–Crippen LogP) is 2.42. The first-order chi connectivity index (χ1) is 14.6. The average Bonchev–Trinajstić information content (AvgIpc) is 2.71. The topological polar surface area (TPSA) is 111 Å². The molecule has 11 heteroatoms. The molecule has 0 heterocycles. The smallest absolute Gasteiger partial charge is 0.311 e. The van der Waals surface area contributed by atoms with E-state index in [-0.39, 0.29) is 34.7 Å². The molecule has 1 aromatic rings. The van der Waals surface area contributed by atoms with Crippen molar-refractivity contribution in [1.29, 1.82) is 0 Å². The largest absolute Gasteiger partial charge is 0.488 e. The van der Waals surface area contributed by atoms with Crippen LogP contribution >= 0.6 is 11.6 Å². The summed E-state index contributed by atoms with van der Waals surface area (Å²) < 4.78 is 52.4. The highest BCUT2D eigenvalue weighted by Gasteiger charge is 2.60. The number of amides is 1. The molecule has 4 fully saturated rings. The molecule has 8 nitrogen and oxygen atoms in total. The van der Waals surface area contributed by atoms with Crippen LogP contribution in [-0.4, -0.2) is 40.6 Å². The summed E-state index contributed by atoms with van der Waals surface area (Å²) in [4.78, 5) is 24.5. The molecule has 31 heavy (non-hydrogen) atoms. The van der Waals surface area contributed by atoms with E-state index in [9.17, 15) is 22.4 Å². The van der Waals surface area contributed by atoms with Crippen LogP contribution in [0.4, 0.5) is 4.39 Å². The molecule has 4 saturated carbocycles. The molecule has 2 unspecified atom stereocenters. The zero-order valence-electron chi connectivity index (χ0n) is 17.1. The molecular formula is C20H24ClFN2O6S. The maximum Gasteiger partial charge on any atom is 0.311 e. The molecule has 170 valence electrons. The van der Waals surface area contributed by atoms with Gasteiger partial charge in [-0.2, -0.15) is 8.42 Å². The maximum absolute atomic E-state index is 14.6. The molecule has 4 aliphatic carbocycles. The first-order valence-electron chi connectivity index (χ1n) is 10.1. The Morgan fingerprint density at radius 3 is 2.42 bits per heavy atom. The minimum Gasteiger partial charge on any atom is -0.488 e. The van der Waals surface area contributed by atoms with Gasteiger partial charge in [-0.1, -0.05) is 11.6 Å². The van der Waals surface area contributed by atoms with Crippen LogP contribution in [0.5, 0.6) is 5.75 Å². The second-order valence-electron chi connectivity index (χ2n) is 8.73. The Balaban J connectivity index is 1.54. The highest BCUT2D eigenvalue weighted by atomic mass is 35.5. The number of halogens is 2. The van der Waals surface area contributed by atoms with Gasteiger partial charge in [0, 0.05) is 13.1 Å². The molecule has 1 aromatic carbocycles. The Morgan fingerprint density at radius 1 is 1.19 bits per heavy atom. The summed E-state index contributed by atoms with van der Waals surface area (Å²) in [7, 11) is -1.55. The van der Waals surface area contributed by atoms with Gasteiger partial charge in [0.1, 0.15) is 17.7 Å². The molecule has 2 atom stereocenters. The van der Waals surface area contributed by atoms with Gasteiger partial charge >= 0.3 is 16.2 Å². The lowest BCUT2D eigenvalue weighted by Crippen LogP contribution is -2.58. The summed E-state index contributed by atoms with van der Waals surface area (Å²) >= 11 is 6.25. The van der Waals surface area contributed by atoms with Gasteiger partial charge in [0.05, 0.1) is 23.1 Å². The number of benzene rings is 1. The molecular weight excluding hydrogens is 451 g/mol. The number of hydrogen-bond acceptors (Lipinski definition) is 6. The Bertz CT molecular complexity index is 1020. The Morgan fingerprint density at radius 2 is 1.84 bits per heavy atom. The van der Waals surface area contributed by atoms with E-state index < -0.39 is 32.9 Å². The molecule has 0 radical (unpaired) electrons. The third-order valence-corrected chi connectivity index (χ3v) is 8.12. The van der Waals surface area contributed by atoms with Gasteiger partial charge in [-0.15, -0.1) is 0 Å². The van der Waals surface area contributed by atoms with Gasteiger partial charge in [0.15, 0.2) is 0 Å². The Kier molecular flexibility index (Phi) is 5.68. The van der Waals surface area contributed by atoms with Crippen molar-refractivity contribution in [2.45, 2.75) is 38.2 Å². The molecule has 5 rings (SSSR count). The van der Waals surface area contributed by atoms with Crippen LogP contribution in [0.3, 0.4) is 0 Å². The Hall–Kier alpha value is -1.91. The number of methoxy groups -OCH3 is 1. The second kappa shape index (κ2) is 7.90. The van der Waals surface area contributed by atoms with Crippen LogP contribution in [0.2, 0.25) is 5.02 Å². The molecule has 0 spiro atoms. The van der Waals surface area contributed by atoms with E-state index in [1.807, 2.05) is 4.72 Å². The van der Waals surface area contributed by atoms with E-state index in [1.54, 1.807) is 4.72 Å². The number of ether oxygens (including phenoxy) is 2. The molecule has 0 aromatic heterocycles. The van der Waals surface area contributed by atoms with E-state index in [4.69, 9.17) is 21.1 Å². The van der Waals surface area contributed by atoms with E-state index in [2.05, 4.69) is 0 Å². The van der Waals surface area contributed by atoms with E-state index in [0.717, 1.165) is 38.4 Å². The molecule has 4 bridgehead atoms. The van der Waals surface area contributed by atoms with Gasteiger partial charge in [0.2, 0.25) is 0 Å². The van der Waals surface area contributed by atoms with Crippen molar-refractivity contribution in [2.75, 3.05) is 14.2 Å². The number of nitrogens with one attached hydrogen (secondary N) is 2. The minimum absolute atomic E-state index is 0.00453. The first-order valence-corrected chi connectivity index (χ1v) is 11.9. The van der Waals surface area contributed by atoms with Gasteiger partial charge in [-0.25, -0.2) is 13.8 Å². The normalized spacial score (nSPS) is 31.4. The maximum atomic E-state index is 14.6. The van der Waals surface area contributed by atoms with E-state index in [1.165, 1.54) is 7.11 Å². The van der Waals surface area contributed by atoms with Crippen LogP contribution in [0, 0.1) is 29.0 Å². The van der Waals surface area contributed by atoms with Crippen molar-refractivity contribution in [3.8, 4) is 5.75 Å². The van der Waals surface area contributed by atoms with E-state index in [0.29, 0.717) is 18.8 Å². The van der Waals surface area contributed by atoms with Crippen LogP contribution in [0.25, 0.3) is 0 Å². The number of hydrogen-bond donors (Lipinski definition) is 2. The zero-order valence-corrected chi connectivity index (χ0v) is 18.7. The highest BCUT2D eigenvalue weighted by molar-refractivity contribution is 7.88. The standard InChI is InChI=1S/C20H24ClFN2O6S/c1-23-31(27,28)24-18(25)13-5-14(21)16(6-15(13)22)30-17-11-3-10-4-12(17)9-20(7-10,8-11)19(26)29-2/h5-6,10-12,17,23H,3-4,7-9H2,1-2H3,(H,24,25). The highest BCUT2D eigenvalue weighted by Crippen LogP contribution is 2.61. The summed E-state index contributed by atoms with van der Waals surface area (Å²) in [5, 5.41) is 0.00453. The fraction of sp³-hybridized carbons (Fsp3) is 0.600. The van der Waals surface area contributed by atoms with Crippen LogP contribution in [0.15, 0.2) is 12.1 Å². The fourth-order valence-corrected chi connectivity index (χ4v) is 6.47. The third kappa shape index (κ3) is 4.01. The second-order valence-corrected chi connectivity index (χ2v) is 10.8. The van der Waals surface area contributed by atoms with Crippen LogP contribution in [-0.2, 0) is 19.7 Å². The average molecular weight is 475 g/mol. The molecule has 1 amide bonds. The number of esters is 1. The predicted molar refractivity (Wildman–Crippen MR) is 109 cm³/mol. The molecule has 4 aliphatic rings. The number of carbonyl (C=O) groups excluding carboxylic acids is 2. The van der Waals surface area contributed by atoms with Crippen molar-refractivity contribution >= 4 is 33.7 Å². The van der Waals surface area contributed by atoms with Crippen LogP contribution in [0.1, 0.15) is 42.5 Å². The van der Waals surface area contributed by atoms with Crippen molar-refractivity contribution in [1.82, 2.24) is 9.44 Å². The Labute approximate surface area is 185 Å². The van der Waals surface area contributed by atoms with Crippen molar-refractivity contribution < 1.29 is 31.9 Å². The summed E-state index contributed by atoms with van der Waals surface area (Å²) in [6, 6.07) is 2.06. The quantitative estimate of drug-likeness (QED) is 0.612. The van der Waals surface area contributed by atoms with Gasteiger partial charge in [-0.05, 0) is 55.9 Å². The lowest BCUT2D eigenvalue weighted by Gasteiger charge is -2.58. The lowest BCUT2D eigenvalue weighted by molar-refractivity contribution is -0.179.